The molecule has 0 radical (unpaired) electrons. The number of halogens is 2. The molecule has 0 aliphatic carbocycles. The second-order valence-electron chi connectivity index (χ2n) is 9.13. The monoisotopic (exact) mass is 575 g/mol. The van der Waals surface area contributed by atoms with E-state index in [2.05, 4.69) is 5.32 Å². The van der Waals surface area contributed by atoms with Gasteiger partial charge in [-0.05, 0) is 68.8 Å². The maximum absolute atomic E-state index is 13.9. The first-order valence-electron chi connectivity index (χ1n) is 12.2. The Kier molecular flexibility index (Phi) is 9.93. The lowest BCUT2D eigenvalue weighted by atomic mass is 10.1. The van der Waals surface area contributed by atoms with Crippen molar-refractivity contribution in [3.05, 3.63) is 89.2 Å². The fourth-order valence-corrected chi connectivity index (χ4v) is 5.47. The third kappa shape index (κ3) is 7.48. The predicted molar refractivity (Wildman–Crippen MR) is 149 cm³/mol. The van der Waals surface area contributed by atoms with Gasteiger partial charge in [0.1, 0.15) is 24.2 Å². The SMILES string of the molecule is COc1ccc(Cl)cc1N(CC(=O)N(Cc1ccc(F)cc1)C(C)C(=O)NC(C)C)S(=O)(=O)c1ccccc1. The molecule has 208 valence electrons. The number of methoxy groups -OCH3 is 1. The molecule has 1 atom stereocenters. The zero-order valence-electron chi connectivity index (χ0n) is 22.1. The second-order valence-corrected chi connectivity index (χ2v) is 11.4. The van der Waals surface area contributed by atoms with E-state index in [4.69, 9.17) is 16.3 Å². The number of hydrogen-bond acceptors (Lipinski definition) is 5. The van der Waals surface area contributed by atoms with E-state index in [9.17, 15) is 22.4 Å². The summed E-state index contributed by atoms with van der Waals surface area (Å²) in [4.78, 5) is 28.0. The quantitative estimate of drug-likeness (QED) is 0.360. The second kappa shape index (κ2) is 12.9. The molecule has 0 aliphatic heterocycles. The molecule has 0 bridgehead atoms. The molecule has 0 saturated carbocycles. The summed E-state index contributed by atoms with van der Waals surface area (Å²) in [6, 6.07) is 16.4. The number of carbonyl (C=O) groups is 2. The molecule has 0 fully saturated rings. The van der Waals surface area contributed by atoms with Crippen LogP contribution < -0.4 is 14.4 Å². The van der Waals surface area contributed by atoms with Gasteiger partial charge in [-0.3, -0.25) is 13.9 Å². The number of nitrogens with one attached hydrogen (secondary N) is 1. The maximum atomic E-state index is 13.9. The van der Waals surface area contributed by atoms with Crippen LogP contribution in [0.2, 0.25) is 5.02 Å². The lowest BCUT2D eigenvalue weighted by Gasteiger charge is -2.32. The van der Waals surface area contributed by atoms with Crippen molar-refractivity contribution in [2.24, 2.45) is 0 Å². The summed E-state index contributed by atoms with van der Waals surface area (Å²) in [5, 5.41) is 3.01. The van der Waals surface area contributed by atoms with Crippen LogP contribution in [0.5, 0.6) is 5.75 Å². The van der Waals surface area contributed by atoms with E-state index in [1.807, 2.05) is 0 Å². The molecule has 1 N–H and O–H groups in total. The van der Waals surface area contributed by atoms with Gasteiger partial charge in [-0.2, -0.15) is 0 Å². The highest BCUT2D eigenvalue weighted by atomic mass is 35.5. The van der Waals surface area contributed by atoms with Gasteiger partial charge in [0, 0.05) is 17.6 Å². The summed E-state index contributed by atoms with van der Waals surface area (Å²) in [6.45, 7) is 4.41. The van der Waals surface area contributed by atoms with Gasteiger partial charge in [0.2, 0.25) is 11.8 Å². The maximum Gasteiger partial charge on any atom is 0.264 e. The summed E-state index contributed by atoms with van der Waals surface area (Å²) >= 11 is 6.22. The Labute approximate surface area is 233 Å². The summed E-state index contributed by atoms with van der Waals surface area (Å²) in [7, 11) is -2.90. The number of benzene rings is 3. The van der Waals surface area contributed by atoms with Crippen molar-refractivity contribution in [2.45, 2.75) is 44.3 Å². The van der Waals surface area contributed by atoms with E-state index in [-0.39, 0.29) is 33.9 Å². The van der Waals surface area contributed by atoms with Crippen LogP contribution in [0.4, 0.5) is 10.1 Å². The molecule has 0 saturated heterocycles. The Balaban J connectivity index is 2.08. The molecule has 0 heterocycles. The molecule has 8 nitrogen and oxygen atoms in total. The molecule has 3 aromatic carbocycles. The van der Waals surface area contributed by atoms with E-state index < -0.39 is 40.2 Å². The highest BCUT2D eigenvalue weighted by Gasteiger charge is 2.34. The van der Waals surface area contributed by atoms with Crippen molar-refractivity contribution in [2.75, 3.05) is 18.0 Å². The largest absolute Gasteiger partial charge is 0.495 e. The summed E-state index contributed by atoms with van der Waals surface area (Å²) in [5.41, 5.74) is 0.620. The van der Waals surface area contributed by atoms with Crippen LogP contribution in [0.3, 0.4) is 0 Å². The lowest BCUT2D eigenvalue weighted by molar-refractivity contribution is -0.139. The van der Waals surface area contributed by atoms with Crippen molar-refractivity contribution in [3.63, 3.8) is 0 Å². The van der Waals surface area contributed by atoms with Crippen molar-refractivity contribution >= 4 is 39.1 Å². The fraction of sp³-hybridized carbons (Fsp3) is 0.286. The number of nitrogens with zero attached hydrogens (tertiary/aromatic N) is 2. The Bertz CT molecular complexity index is 1400. The first-order chi connectivity index (χ1) is 18.4. The predicted octanol–water partition coefficient (Wildman–Crippen LogP) is 4.62. The van der Waals surface area contributed by atoms with Crippen LogP contribution >= 0.6 is 11.6 Å². The zero-order chi connectivity index (χ0) is 28.7. The van der Waals surface area contributed by atoms with E-state index >= 15 is 0 Å². The number of amides is 2. The van der Waals surface area contributed by atoms with E-state index in [1.165, 1.54) is 66.6 Å². The molecule has 3 aromatic rings. The van der Waals surface area contributed by atoms with Crippen molar-refractivity contribution < 1.29 is 27.1 Å². The number of sulfonamides is 1. The molecule has 0 aromatic heterocycles. The Morgan fingerprint density at radius 1 is 1.00 bits per heavy atom. The van der Waals surface area contributed by atoms with Gasteiger partial charge in [-0.25, -0.2) is 12.8 Å². The molecule has 0 aliphatic rings. The molecule has 3 rings (SSSR count). The average Bonchev–Trinajstić information content (AvgIpc) is 2.90. The van der Waals surface area contributed by atoms with Crippen LogP contribution in [-0.4, -0.2) is 50.9 Å². The molecular weight excluding hydrogens is 545 g/mol. The van der Waals surface area contributed by atoms with Crippen molar-refractivity contribution in [3.8, 4) is 5.75 Å². The van der Waals surface area contributed by atoms with Crippen LogP contribution in [0.25, 0.3) is 0 Å². The molecular formula is C28H31ClFN3O5S. The first-order valence-corrected chi connectivity index (χ1v) is 14.0. The minimum atomic E-state index is -4.28. The van der Waals surface area contributed by atoms with Gasteiger partial charge in [-0.1, -0.05) is 41.9 Å². The summed E-state index contributed by atoms with van der Waals surface area (Å²) in [5.74, 6) is -1.34. The van der Waals surface area contributed by atoms with Crippen molar-refractivity contribution in [1.29, 1.82) is 0 Å². The van der Waals surface area contributed by atoms with Gasteiger partial charge >= 0.3 is 0 Å². The van der Waals surface area contributed by atoms with E-state index in [0.717, 1.165) is 4.31 Å². The molecule has 0 spiro atoms. The number of carbonyl (C=O) groups excluding carboxylic acids is 2. The van der Waals surface area contributed by atoms with Gasteiger partial charge in [-0.15, -0.1) is 0 Å². The lowest BCUT2D eigenvalue weighted by Crippen LogP contribution is -2.52. The van der Waals surface area contributed by atoms with Gasteiger partial charge in [0.05, 0.1) is 17.7 Å². The number of ether oxygens (including phenoxy) is 1. The molecule has 11 heteroatoms. The van der Waals surface area contributed by atoms with Gasteiger partial charge < -0.3 is 15.0 Å². The van der Waals surface area contributed by atoms with Gasteiger partial charge in [0.15, 0.2) is 0 Å². The zero-order valence-corrected chi connectivity index (χ0v) is 23.7. The fourth-order valence-electron chi connectivity index (χ4n) is 3.87. The average molecular weight is 576 g/mol. The Hall–Kier alpha value is -3.63. The Morgan fingerprint density at radius 2 is 1.64 bits per heavy atom. The summed E-state index contributed by atoms with van der Waals surface area (Å²) in [6.07, 6.45) is 0. The smallest absolute Gasteiger partial charge is 0.264 e. The first kappa shape index (κ1) is 29.9. The van der Waals surface area contributed by atoms with Gasteiger partial charge in [0.25, 0.3) is 10.0 Å². The molecule has 1 unspecified atom stereocenters. The standard InChI is InChI=1S/C28H31ClFN3O5S/c1-19(2)31-28(35)20(3)32(17-21-10-13-23(30)14-11-21)27(34)18-33(25-16-22(29)12-15-26(25)38-4)39(36,37)24-8-6-5-7-9-24/h5-16,19-20H,17-18H2,1-4H3,(H,31,35). The number of anilines is 1. The van der Waals surface area contributed by atoms with E-state index in [0.29, 0.717) is 5.56 Å². The van der Waals surface area contributed by atoms with E-state index in [1.54, 1.807) is 39.0 Å². The van der Waals surface area contributed by atoms with Crippen LogP contribution in [-0.2, 0) is 26.2 Å². The Morgan fingerprint density at radius 3 is 2.23 bits per heavy atom. The third-order valence-electron chi connectivity index (χ3n) is 5.88. The molecule has 2 amide bonds. The highest BCUT2D eigenvalue weighted by Crippen LogP contribution is 2.35. The third-order valence-corrected chi connectivity index (χ3v) is 7.89. The normalized spacial score (nSPS) is 12.1. The number of rotatable bonds is 11. The summed E-state index contributed by atoms with van der Waals surface area (Å²) < 4.78 is 47.5. The van der Waals surface area contributed by atoms with Crippen molar-refractivity contribution in [1.82, 2.24) is 10.2 Å². The molecule has 39 heavy (non-hydrogen) atoms. The minimum absolute atomic E-state index is 0.0458. The van der Waals surface area contributed by atoms with Crippen LogP contribution in [0, 0.1) is 5.82 Å². The minimum Gasteiger partial charge on any atom is -0.495 e. The topological polar surface area (TPSA) is 96.0 Å². The number of hydrogen-bond donors (Lipinski definition) is 1. The van der Waals surface area contributed by atoms with Crippen LogP contribution in [0.15, 0.2) is 77.7 Å². The van der Waals surface area contributed by atoms with Crippen LogP contribution in [0.1, 0.15) is 26.3 Å². The highest BCUT2D eigenvalue weighted by molar-refractivity contribution is 7.92.